The first-order valence-electron chi connectivity index (χ1n) is 6.89. The lowest BCUT2D eigenvalue weighted by molar-refractivity contribution is -0.222. The Labute approximate surface area is 141 Å². The van der Waals surface area contributed by atoms with Crippen molar-refractivity contribution in [3.8, 4) is 11.3 Å². The maximum Gasteiger partial charge on any atom is 0.348 e. The fraction of sp³-hybridized carbons (Fsp3) is 0.176. The van der Waals surface area contributed by atoms with Gasteiger partial charge in [0.25, 0.3) is 5.79 Å². The molecular weight excluding hydrogens is 364 g/mol. The number of rotatable bonds is 2. The lowest BCUT2D eigenvalue weighted by Gasteiger charge is -2.29. The van der Waals surface area contributed by atoms with Crippen molar-refractivity contribution < 1.29 is 23.5 Å². The van der Waals surface area contributed by atoms with Crippen molar-refractivity contribution in [3.63, 3.8) is 0 Å². The van der Waals surface area contributed by atoms with Gasteiger partial charge >= 0.3 is 11.9 Å². The molecule has 0 saturated carbocycles. The van der Waals surface area contributed by atoms with Crippen molar-refractivity contribution in [1.29, 1.82) is 0 Å². The van der Waals surface area contributed by atoms with E-state index >= 15 is 0 Å². The van der Waals surface area contributed by atoms with Crippen LogP contribution in [0.25, 0.3) is 17.4 Å². The fourth-order valence-corrected chi connectivity index (χ4v) is 2.64. The fourth-order valence-electron chi connectivity index (χ4n) is 2.16. The van der Waals surface area contributed by atoms with Gasteiger partial charge in [0, 0.05) is 30.0 Å². The van der Waals surface area contributed by atoms with Crippen LogP contribution in [0.5, 0.6) is 0 Å². The molecule has 23 heavy (non-hydrogen) atoms. The van der Waals surface area contributed by atoms with Crippen LogP contribution in [-0.2, 0) is 19.1 Å². The van der Waals surface area contributed by atoms with E-state index in [9.17, 15) is 9.59 Å². The highest BCUT2D eigenvalue weighted by molar-refractivity contribution is 9.10. The molecule has 0 unspecified atom stereocenters. The van der Waals surface area contributed by atoms with E-state index in [0.29, 0.717) is 11.5 Å². The molecule has 1 fully saturated rings. The molecule has 1 aliphatic heterocycles. The minimum Gasteiger partial charge on any atom is -0.457 e. The summed E-state index contributed by atoms with van der Waals surface area (Å²) in [4.78, 5) is 23.8. The first kappa shape index (κ1) is 15.6. The predicted molar refractivity (Wildman–Crippen MR) is 86.1 cm³/mol. The zero-order chi connectivity index (χ0) is 16.6. The summed E-state index contributed by atoms with van der Waals surface area (Å²) in [5.74, 6) is -1.74. The molecule has 118 valence electrons. The van der Waals surface area contributed by atoms with Crippen LogP contribution in [0.2, 0.25) is 0 Å². The van der Waals surface area contributed by atoms with Crippen molar-refractivity contribution in [2.75, 3.05) is 0 Å². The van der Waals surface area contributed by atoms with E-state index in [-0.39, 0.29) is 5.57 Å². The molecule has 0 atom stereocenters. The minimum atomic E-state index is -1.26. The molecule has 2 aromatic rings. The first-order chi connectivity index (χ1) is 10.9. The van der Waals surface area contributed by atoms with Crippen LogP contribution in [0.4, 0.5) is 0 Å². The molecule has 0 bridgehead atoms. The maximum absolute atomic E-state index is 11.9. The van der Waals surface area contributed by atoms with Gasteiger partial charge in [0.05, 0.1) is 0 Å². The lowest BCUT2D eigenvalue weighted by Crippen LogP contribution is -2.41. The van der Waals surface area contributed by atoms with Crippen molar-refractivity contribution in [2.24, 2.45) is 0 Å². The van der Waals surface area contributed by atoms with Gasteiger partial charge < -0.3 is 13.9 Å². The monoisotopic (exact) mass is 376 g/mol. The Hall–Kier alpha value is -2.34. The summed E-state index contributed by atoms with van der Waals surface area (Å²) < 4.78 is 16.6. The van der Waals surface area contributed by atoms with E-state index in [1.165, 1.54) is 19.9 Å². The number of carbonyl (C=O) groups is 2. The van der Waals surface area contributed by atoms with Crippen LogP contribution in [-0.4, -0.2) is 17.7 Å². The van der Waals surface area contributed by atoms with Gasteiger partial charge in [0.2, 0.25) is 0 Å². The third-order valence-electron chi connectivity index (χ3n) is 3.17. The normalized spacial score (nSPS) is 16.7. The number of hydrogen-bond acceptors (Lipinski definition) is 5. The van der Waals surface area contributed by atoms with Gasteiger partial charge in [0.15, 0.2) is 0 Å². The second kappa shape index (κ2) is 5.70. The molecule has 0 N–H and O–H groups in total. The average molecular weight is 377 g/mol. The van der Waals surface area contributed by atoms with Crippen molar-refractivity contribution in [3.05, 3.63) is 52.2 Å². The number of furan rings is 1. The smallest absolute Gasteiger partial charge is 0.348 e. The summed E-state index contributed by atoms with van der Waals surface area (Å²) in [5, 5.41) is 0. The van der Waals surface area contributed by atoms with Crippen LogP contribution >= 0.6 is 15.9 Å². The van der Waals surface area contributed by atoms with Crippen LogP contribution < -0.4 is 0 Å². The highest BCUT2D eigenvalue weighted by Gasteiger charge is 2.39. The van der Waals surface area contributed by atoms with Crippen molar-refractivity contribution in [1.82, 2.24) is 0 Å². The average Bonchev–Trinajstić information content (AvgIpc) is 2.91. The largest absolute Gasteiger partial charge is 0.457 e. The quantitative estimate of drug-likeness (QED) is 0.451. The summed E-state index contributed by atoms with van der Waals surface area (Å²) in [6, 6.07) is 11.0. The number of benzene rings is 1. The van der Waals surface area contributed by atoms with Crippen LogP contribution in [0.1, 0.15) is 19.6 Å². The molecular formula is C17H13BrO5. The Morgan fingerprint density at radius 2 is 1.65 bits per heavy atom. The predicted octanol–water partition coefficient (Wildman–Crippen LogP) is 3.93. The molecule has 0 spiro atoms. The number of esters is 2. The Bertz CT molecular complexity index is 794. The van der Waals surface area contributed by atoms with Gasteiger partial charge in [-0.15, -0.1) is 0 Å². The van der Waals surface area contributed by atoms with E-state index in [1.807, 2.05) is 24.3 Å². The molecule has 3 rings (SSSR count). The number of halogens is 1. The van der Waals surface area contributed by atoms with Gasteiger partial charge in [-0.2, -0.15) is 0 Å². The molecule has 2 heterocycles. The molecule has 5 nitrogen and oxygen atoms in total. The number of ether oxygens (including phenoxy) is 2. The Balaban J connectivity index is 1.91. The summed E-state index contributed by atoms with van der Waals surface area (Å²) in [6.07, 6.45) is 1.32. The van der Waals surface area contributed by atoms with Gasteiger partial charge in [-0.3, -0.25) is 0 Å². The van der Waals surface area contributed by atoms with Crippen LogP contribution in [0, 0.1) is 0 Å². The Kier molecular flexibility index (Phi) is 3.85. The van der Waals surface area contributed by atoms with Crippen LogP contribution in [0.15, 0.2) is 50.9 Å². The maximum atomic E-state index is 11.9. The summed E-state index contributed by atoms with van der Waals surface area (Å²) in [6.45, 7) is 3.00. The van der Waals surface area contributed by atoms with Gasteiger partial charge in [-0.1, -0.05) is 34.1 Å². The number of hydrogen-bond donors (Lipinski definition) is 0. The van der Waals surface area contributed by atoms with E-state index < -0.39 is 17.7 Å². The SMILES string of the molecule is CC1(C)OC(=O)C(=Cc2ccc(-c3ccccc3Br)o2)C(=O)O1. The number of cyclic esters (lactones) is 2. The number of carbonyl (C=O) groups excluding carboxylic acids is 2. The Morgan fingerprint density at radius 3 is 2.30 bits per heavy atom. The molecule has 1 saturated heterocycles. The minimum absolute atomic E-state index is 0.197. The van der Waals surface area contributed by atoms with E-state index in [0.717, 1.165) is 10.0 Å². The second-order valence-corrected chi connectivity index (χ2v) is 6.27. The highest BCUT2D eigenvalue weighted by atomic mass is 79.9. The summed E-state index contributed by atoms with van der Waals surface area (Å²) in [7, 11) is 0. The third-order valence-corrected chi connectivity index (χ3v) is 3.86. The molecule has 6 heteroatoms. The zero-order valence-electron chi connectivity index (χ0n) is 12.5. The van der Waals surface area contributed by atoms with Gasteiger partial charge in [-0.25, -0.2) is 9.59 Å². The highest BCUT2D eigenvalue weighted by Crippen LogP contribution is 2.31. The first-order valence-corrected chi connectivity index (χ1v) is 7.68. The lowest BCUT2D eigenvalue weighted by atomic mass is 10.2. The molecule has 0 radical (unpaired) electrons. The molecule has 0 amide bonds. The second-order valence-electron chi connectivity index (χ2n) is 5.42. The van der Waals surface area contributed by atoms with E-state index in [4.69, 9.17) is 13.9 Å². The molecule has 0 aliphatic carbocycles. The summed E-state index contributed by atoms with van der Waals surface area (Å²) >= 11 is 3.45. The summed E-state index contributed by atoms with van der Waals surface area (Å²) in [5.41, 5.74) is 0.671. The molecule has 1 aromatic carbocycles. The van der Waals surface area contributed by atoms with Crippen molar-refractivity contribution >= 4 is 33.9 Å². The topological polar surface area (TPSA) is 65.7 Å². The molecule has 1 aliphatic rings. The van der Waals surface area contributed by atoms with Gasteiger partial charge in [0.1, 0.15) is 17.1 Å². The van der Waals surface area contributed by atoms with Gasteiger partial charge in [-0.05, 0) is 18.2 Å². The Morgan fingerprint density at radius 1 is 1.00 bits per heavy atom. The van der Waals surface area contributed by atoms with Crippen molar-refractivity contribution in [2.45, 2.75) is 19.6 Å². The third kappa shape index (κ3) is 3.22. The molecule has 1 aromatic heterocycles. The van der Waals surface area contributed by atoms with Crippen LogP contribution in [0.3, 0.4) is 0 Å². The van der Waals surface area contributed by atoms with E-state index in [1.54, 1.807) is 12.1 Å². The van der Waals surface area contributed by atoms with E-state index in [2.05, 4.69) is 15.9 Å². The zero-order valence-corrected chi connectivity index (χ0v) is 14.0. The standard InChI is InChI=1S/C17H13BrO5/c1-17(2)22-15(19)12(16(20)23-17)9-10-7-8-14(21-10)11-5-3-4-6-13(11)18/h3-9H,1-2H3.